The number of hydrogen-bond donors (Lipinski definition) is 2. The molecule has 0 saturated carbocycles. The largest absolute Gasteiger partial charge is 0.489 e. The van der Waals surface area contributed by atoms with Gasteiger partial charge in [-0.2, -0.15) is 0 Å². The number of carbonyl (C=O) groups excluding carboxylic acids is 2. The molecule has 9 rings (SSSR count). The van der Waals surface area contributed by atoms with E-state index in [1.807, 2.05) is 72.8 Å². The van der Waals surface area contributed by atoms with Gasteiger partial charge in [-0.1, -0.05) is 72.8 Å². The summed E-state index contributed by atoms with van der Waals surface area (Å²) in [6.07, 6.45) is -0.331. The first-order valence-corrected chi connectivity index (χ1v) is 22.6. The molecule has 0 radical (unpaired) electrons. The number of β-lactam (4-membered cyclic amide) rings is 2. The molecule has 2 fully saturated rings. The average Bonchev–Trinajstić information content (AvgIpc) is 3.35. The minimum atomic E-state index is -0.861. The van der Waals surface area contributed by atoms with Gasteiger partial charge in [-0.05, 0) is 156 Å². The van der Waals surface area contributed by atoms with Gasteiger partial charge in [0, 0.05) is 11.4 Å². The van der Waals surface area contributed by atoms with E-state index >= 15 is 0 Å². The molecule has 2 N–H and O–H groups in total. The fraction of sp³-hybridized carbons (Fsp3) is 0.214. The Balaban J connectivity index is 0.794. The second-order valence-electron chi connectivity index (χ2n) is 17.3. The first-order chi connectivity index (χ1) is 33.0. The van der Waals surface area contributed by atoms with Gasteiger partial charge in [0.25, 0.3) is 0 Å². The number of benzene rings is 7. The van der Waals surface area contributed by atoms with E-state index in [-0.39, 0.29) is 23.9 Å². The maximum absolute atomic E-state index is 13.8. The highest BCUT2D eigenvalue weighted by molar-refractivity contribution is 6.04. The van der Waals surface area contributed by atoms with Gasteiger partial charge < -0.3 is 29.5 Å². The molecule has 8 nitrogen and oxygen atoms in total. The highest BCUT2D eigenvalue weighted by Gasteiger charge is 2.49. The van der Waals surface area contributed by atoms with Gasteiger partial charge in [0.2, 0.25) is 11.8 Å². The number of halogens is 4. The summed E-state index contributed by atoms with van der Waals surface area (Å²) in [6.45, 7) is 0.612. The fourth-order valence-electron chi connectivity index (χ4n) is 9.17. The van der Waals surface area contributed by atoms with Crippen LogP contribution >= 0.6 is 0 Å². The molecular weight excluding hydrogens is 873 g/mol. The predicted molar refractivity (Wildman–Crippen MR) is 249 cm³/mol. The summed E-state index contributed by atoms with van der Waals surface area (Å²) in [7, 11) is 0. The van der Waals surface area contributed by atoms with E-state index in [0.29, 0.717) is 72.9 Å². The van der Waals surface area contributed by atoms with Crippen LogP contribution in [0.3, 0.4) is 0 Å². The van der Waals surface area contributed by atoms with Crippen LogP contribution in [-0.4, -0.2) is 22.0 Å². The predicted octanol–water partition coefficient (Wildman–Crippen LogP) is 11.8. The van der Waals surface area contributed by atoms with Crippen molar-refractivity contribution in [3.05, 3.63) is 227 Å². The molecule has 0 aliphatic carbocycles. The van der Waals surface area contributed by atoms with Crippen LogP contribution in [0.25, 0.3) is 0 Å². The van der Waals surface area contributed by atoms with Gasteiger partial charge in [0.1, 0.15) is 48.0 Å². The molecule has 68 heavy (non-hydrogen) atoms. The van der Waals surface area contributed by atoms with Gasteiger partial charge in [-0.15, -0.1) is 0 Å². The number of nitrogens with zero attached hydrogens (tertiary/aromatic N) is 2. The Morgan fingerprint density at radius 3 is 1.06 bits per heavy atom. The van der Waals surface area contributed by atoms with Crippen LogP contribution in [0.2, 0.25) is 0 Å². The monoisotopic (exact) mass is 920 g/mol. The summed E-state index contributed by atoms with van der Waals surface area (Å²) in [5, 5.41) is 21.6. The van der Waals surface area contributed by atoms with Crippen LogP contribution in [0, 0.1) is 35.1 Å². The molecule has 2 saturated heterocycles. The maximum Gasteiger partial charge on any atom is 0.233 e. The molecule has 7 aromatic rings. The third-order valence-corrected chi connectivity index (χ3v) is 12.9. The summed E-state index contributed by atoms with van der Waals surface area (Å²) in [6, 6.07) is 45.1. The van der Waals surface area contributed by atoms with Crippen LogP contribution < -0.4 is 19.3 Å². The zero-order chi connectivity index (χ0) is 47.3. The number of aliphatic hydroxyl groups excluding tert-OH is 2. The van der Waals surface area contributed by atoms with Gasteiger partial charge >= 0.3 is 0 Å². The second-order valence-corrected chi connectivity index (χ2v) is 17.3. The van der Waals surface area contributed by atoms with E-state index in [1.165, 1.54) is 72.8 Å². The Labute approximate surface area is 391 Å². The van der Waals surface area contributed by atoms with Crippen molar-refractivity contribution in [2.75, 3.05) is 9.80 Å². The van der Waals surface area contributed by atoms with Crippen LogP contribution in [-0.2, 0) is 22.8 Å². The normalized spacial score (nSPS) is 18.7. The fourth-order valence-corrected chi connectivity index (χ4v) is 9.17. The molecule has 2 amide bonds. The summed E-state index contributed by atoms with van der Waals surface area (Å²) < 4.78 is 66.8. The van der Waals surface area contributed by atoms with Crippen molar-refractivity contribution in [2.45, 2.75) is 63.2 Å². The average molecular weight is 921 g/mol. The minimum Gasteiger partial charge on any atom is -0.489 e. The zero-order valence-electron chi connectivity index (χ0n) is 36.8. The lowest BCUT2D eigenvalue weighted by Crippen LogP contribution is -2.55. The van der Waals surface area contributed by atoms with Crippen molar-refractivity contribution in [1.82, 2.24) is 0 Å². The van der Waals surface area contributed by atoms with E-state index in [4.69, 9.17) is 9.47 Å². The lowest BCUT2D eigenvalue weighted by Gasteiger charge is -2.48. The molecular formula is C56H48F4N2O6. The van der Waals surface area contributed by atoms with E-state index in [1.54, 1.807) is 34.1 Å². The van der Waals surface area contributed by atoms with Crippen molar-refractivity contribution in [1.29, 1.82) is 0 Å². The standard InChI is InChI=1S/C56H48F4N2O6/c57-41-13-5-37(6-14-41)51(63)31-29-49-53(61(55(49)65)45-21-17-43(59)18-22-45)39-9-25-47(26-10-39)67-33-35-1-2-36(4-3-35)34-68-48-27-11-40(12-28-48)54-50(30-32-52(64)38-7-15-42(58)16-8-38)56(66)62(54)46-23-19-44(60)20-24-46/h1-28,49-54,63-64H,29-34H2/t49-,50-,51+,52+,53-,54-/m1/s1. The molecule has 0 spiro atoms. The molecule has 346 valence electrons. The molecule has 6 atom stereocenters. The maximum atomic E-state index is 13.8. The van der Waals surface area contributed by atoms with E-state index in [2.05, 4.69) is 0 Å². The molecule has 0 bridgehead atoms. The molecule has 7 aromatic carbocycles. The Kier molecular flexibility index (Phi) is 13.7. The summed E-state index contributed by atoms with van der Waals surface area (Å²) in [5.74, 6) is -1.43. The Hall–Kier alpha value is -7.28. The first kappa shape index (κ1) is 45.9. The molecule has 12 heteroatoms. The Bertz CT molecular complexity index is 2620. The van der Waals surface area contributed by atoms with Crippen LogP contribution in [0.15, 0.2) is 170 Å². The van der Waals surface area contributed by atoms with Crippen molar-refractivity contribution < 1.29 is 46.8 Å². The number of aliphatic hydroxyl groups is 2. The van der Waals surface area contributed by atoms with E-state index in [0.717, 1.165) is 22.3 Å². The topological polar surface area (TPSA) is 99.5 Å². The minimum absolute atomic E-state index is 0.122. The van der Waals surface area contributed by atoms with Crippen molar-refractivity contribution in [2.24, 2.45) is 11.8 Å². The number of carbonyl (C=O) groups is 2. The summed E-state index contributed by atoms with van der Waals surface area (Å²) in [4.78, 5) is 30.3. The Morgan fingerprint density at radius 2 is 0.735 bits per heavy atom. The van der Waals surface area contributed by atoms with E-state index < -0.39 is 47.3 Å². The van der Waals surface area contributed by atoms with E-state index in [9.17, 15) is 37.4 Å². The smallest absolute Gasteiger partial charge is 0.233 e. The molecule has 0 aromatic heterocycles. The Morgan fingerprint density at radius 1 is 0.426 bits per heavy atom. The number of amides is 2. The highest BCUT2D eigenvalue weighted by atomic mass is 19.1. The SMILES string of the molecule is O=C1[C@H](CC[C@H](O)c2ccc(F)cc2)[C@@H](c2ccc(OCc3ccc(COc4ccc([C@@H]5[C@@H](CC[C@H](O)c6ccc(F)cc6)C(=O)N5c5ccc(F)cc5)cc4)cc3)cc2)N1c1ccc(F)cc1. The first-order valence-electron chi connectivity index (χ1n) is 22.6. The van der Waals surface area contributed by atoms with Crippen molar-refractivity contribution in [3.63, 3.8) is 0 Å². The zero-order valence-corrected chi connectivity index (χ0v) is 36.8. The molecule has 0 unspecified atom stereocenters. The number of ether oxygens (including phenoxy) is 2. The summed E-state index contributed by atoms with van der Waals surface area (Å²) >= 11 is 0. The summed E-state index contributed by atoms with van der Waals surface area (Å²) in [5.41, 5.74) is 5.91. The van der Waals surface area contributed by atoms with Crippen molar-refractivity contribution >= 4 is 23.2 Å². The number of hydrogen-bond acceptors (Lipinski definition) is 6. The van der Waals surface area contributed by atoms with Gasteiger partial charge in [-0.25, -0.2) is 17.6 Å². The van der Waals surface area contributed by atoms with Gasteiger partial charge in [0.15, 0.2) is 0 Å². The second kappa shape index (κ2) is 20.3. The molecule has 2 aliphatic rings. The number of anilines is 2. The third kappa shape index (κ3) is 10.2. The van der Waals surface area contributed by atoms with Crippen LogP contribution in [0.4, 0.5) is 28.9 Å². The number of rotatable bonds is 18. The molecule has 2 heterocycles. The lowest BCUT2D eigenvalue weighted by atomic mass is 9.78. The molecule has 2 aliphatic heterocycles. The lowest BCUT2D eigenvalue weighted by molar-refractivity contribution is -0.131. The third-order valence-electron chi connectivity index (χ3n) is 12.9. The quantitative estimate of drug-likeness (QED) is 0.0657. The van der Waals surface area contributed by atoms with Crippen LogP contribution in [0.1, 0.15) is 83.4 Å². The van der Waals surface area contributed by atoms with Gasteiger partial charge in [0.05, 0.1) is 36.1 Å². The highest BCUT2D eigenvalue weighted by Crippen LogP contribution is 2.48. The van der Waals surface area contributed by atoms with Gasteiger partial charge in [-0.3, -0.25) is 9.59 Å². The van der Waals surface area contributed by atoms with Crippen LogP contribution in [0.5, 0.6) is 11.5 Å². The van der Waals surface area contributed by atoms with Crippen molar-refractivity contribution in [3.8, 4) is 11.5 Å².